The summed E-state index contributed by atoms with van der Waals surface area (Å²) in [6, 6.07) is 12.3. The minimum Gasteiger partial charge on any atom is -0.369 e. The van der Waals surface area contributed by atoms with E-state index in [0.717, 1.165) is 50.1 Å². The number of piperazine rings is 1. The van der Waals surface area contributed by atoms with Crippen LogP contribution in [-0.2, 0) is 0 Å². The number of fused-ring (bicyclic) bond motifs is 1. The van der Waals surface area contributed by atoms with Crippen LogP contribution < -0.4 is 25.8 Å². The lowest BCUT2D eigenvalue weighted by molar-refractivity contribution is 0.238. The molecule has 1 aliphatic heterocycles. The Kier molecular flexibility index (Phi) is 7.23. The quantitative estimate of drug-likeness (QED) is 0.496. The zero-order chi connectivity index (χ0) is 24.0. The maximum Gasteiger partial charge on any atom is 0.323 e. The van der Waals surface area contributed by atoms with Gasteiger partial charge in [0.05, 0.1) is 0 Å². The highest BCUT2D eigenvalue weighted by Gasteiger charge is 2.21. The van der Waals surface area contributed by atoms with E-state index in [4.69, 9.17) is 4.98 Å². The normalized spacial score (nSPS) is 16.8. The molecule has 1 saturated heterocycles. The second-order valence-corrected chi connectivity index (χ2v) is 9.21. The lowest BCUT2D eigenvalue weighted by atomic mass is 9.96. The Bertz CT molecular complexity index is 1140. The van der Waals surface area contributed by atoms with Crippen LogP contribution in [0.4, 0.5) is 27.9 Å². The molecule has 1 aromatic carbocycles. The van der Waals surface area contributed by atoms with Crippen molar-refractivity contribution in [2.24, 2.45) is 0 Å². The zero-order valence-corrected chi connectivity index (χ0v) is 20.3. The molecule has 9 nitrogen and oxygen atoms in total. The van der Waals surface area contributed by atoms with Gasteiger partial charge in [-0.3, -0.25) is 4.90 Å². The van der Waals surface area contributed by atoms with Crippen molar-refractivity contribution in [2.45, 2.75) is 45.1 Å². The summed E-state index contributed by atoms with van der Waals surface area (Å²) < 4.78 is 0. The molecule has 2 aliphatic rings. The van der Waals surface area contributed by atoms with E-state index in [0.29, 0.717) is 24.0 Å². The first kappa shape index (κ1) is 23.3. The number of carbonyl (C=O) groups is 1. The predicted molar refractivity (Wildman–Crippen MR) is 141 cm³/mol. The van der Waals surface area contributed by atoms with E-state index in [-0.39, 0.29) is 12.1 Å². The molecule has 2 amide bonds. The molecular formula is C26H34N8O. The molecule has 0 unspecified atom stereocenters. The molecular weight excluding hydrogens is 440 g/mol. The van der Waals surface area contributed by atoms with Crippen LogP contribution >= 0.6 is 0 Å². The number of aromatic nitrogens is 3. The van der Waals surface area contributed by atoms with Gasteiger partial charge in [-0.2, -0.15) is 4.98 Å². The molecule has 0 spiro atoms. The summed E-state index contributed by atoms with van der Waals surface area (Å²) in [6.07, 6.45) is 7.47. The number of pyridine rings is 1. The van der Waals surface area contributed by atoms with Crippen LogP contribution in [-0.4, -0.2) is 59.7 Å². The fraction of sp³-hybridized carbons (Fsp3) is 0.462. The minimum absolute atomic E-state index is 0.0942. The van der Waals surface area contributed by atoms with Gasteiger partial charge in [-0.05, 0) is 56.2 Å². The first-order valence-electron chi connectivity index (χ1n) is 12.7. The third kappa shape index (κ3) is 5.62. The molecule has 1 saturated carbocycles. The predicted octanol–water partition coefficient (Wildman–Crippen LogP) is 4.05. The number of carbonyl (C=O) groups excluding carboxylic acids is 1. The number of urea groups is 1. The number of hydrogen-bond donors (Lipinski definition) is 3. The van der Waals surface area contributed by atoms with Gasteiger partial charge in [0.15, 0.2) is 5.65 Å². The van der Waals surface area contributed by atoms with E-state index in [1.807, 2.05) is 31.2 Å². The van der Waals surface area contributed by atoms with Crippen molar-refractivity contribution in [1.29, 1.82) is 0 Å². The van der Waals surface area contributed by atoms with E-state index in [2.05, 4.69) is 43.0 Å². The number of hydrogen-bond acceptors (Lipinski definition) is 7. The topological polar surface area (TPSA) is 98.3 Å². The standard InChI is InChI=1S/C26H34N8O/c1-2-34(26(35)30-20-6-4-3-5-7-20)23-13-8-19-18-28-25(32-24(19)31-23)29-21-9-11-22(12-10-21)33-16-14-27-15-17-33/h8-13,18,20,27H,2-7,14-17H2,1H3,(H,30,35)(H,28,29,31,32). The molecule has 3 aromatic rings. The molecule has 35 heavy (non-hydrogen) atoms. The fourth-order valence-corrected chi connectivity index (χ4v) is 4.83. The third-order valence-corrected chi connectivity index (χ3v) is 6.80. The highest BCUT2D eigenvalue weighted by Crippen LogP contribution is 2.23. The molecule has 5 rings (SSSR count). The smallest absolute Gasteiger partial charge is 0.323 e. The van der Waals surface area contributed by atoms with Crippen molar-refractivity contribution in [3.05, 3.63) is 42.6 Å². The molecule has 2 aromatic heterocycles. The van der Waals surface area contributed by atoms with Crippen LogP contribution in [0.2, 0.25) is 0 Å². The van der Waals surface area contributed by atoms with Gasteiger partial charge in [0.2, 0.25) is 5.95 Å². The number of nitrogens with one attached hydrogen (secondary N) is 3. The first-order chi connectivity index (χ1) is 17.2. The molecule has 0 atom stereocenters. The zero-order valence-electron chi connectivity index (χ0n) is 20.3. The average Bonchev–Trinajstić information content (AvgIpc) is 2.90. The Morgan fingerprint density at radius 1 is 1.06 bits per heavy atom. The maximum absolute atomic E-state index is 13.0. The van der Waals surface area contributed by atoms with Crippen molar-refractivity contribution in [3.63, 3.8) is 0 Å². The summed E-state index contributed by atoms with van der Waals surface area (Å²) in [7, 11) is 0. The number of anilines is 4. The van der Waals surface area contributed by atoms with E-state index in [1.165, 1.54) is 24.9 Å². The van der Waals surface area contributed by atoms with Crippen molar-refractivity contribution in [2.75, 3.05) is 47.8 Å². The Hall–Kier alpha value is -3.46. The minimum atomic E-state index is -0.0942. The van der Waals surface area contributed by atoms with Gasteiger partial charge in [-0.1, -0.05) is 19.3 Å². The summed E-state index contributed by atoms with van der Waals surface area (Å²) in [6.45, 7) is 6.55. The average molecular weight is 475 g/mol. The molecule has 9 heteroatoms. The molecule has 3 N–H and O–H groups in total. The van der Waals surface area contributed by atoms with E-state index >= 15 is 0 Å². The van der Waals surface area contributed by atoms with Crippen molar-refractivity contribution in [1.82, 2.24) is 25.6 Å². The number of rotatable bonds is 6. The number of nitrogens with zero attached hydrogens (tertiary/aromatic N) is 5. The molecule has 2 fully saturated rings. The fourth-order valence-electron chi connectivity index (χ4n) is 4.83. The largest absolute Gasteiger partial charge is 0.369 e. The van der Waals surface area contributed by atoms with Gasteiger partial charge in [-0.15, -0.1) is 0 Å². The summed E-state index contributed by atoms with van der Waals surface area (Å²) in [5, 5.41) is 10.7. The van der Waals surface area contributed by atoms with E-state index in [9.17, 15) is 4.79 Å². The highest BCUT2D eigenvalue weighted by molar-refractivity contribution is 5.92. The first-order valence-corrected chi connectivity index (χ1v) is 12.7. The van der Waals surface area contributed by atoms with E-state index in [1.54, 1.807) is 11.1 Å². The monoisotopic (exact) mass is 474 g/mol. The SMILES string of the molecule is CCN(C(=O)NC1CCCCC1)c1ccc2cnc(Nc3ccc(N4CCNCC4)cc3)nc2n1. The molecule has 0 radical (unpaired) electrons. The van der Waals surface area contributed by atoms with Crippen molar-refractivity contribution >= 4 is 40.2 Å². The lowest BCUT2D eigenvalue weighted by Gasteiger charge is -2.29. The Labute approximate surface area is 206 Å². The van der Waals surface area contributed by atoms with Crippen molar-refractivity contribution < 1.29 is 4.79 Å². The van der Waals surface area contributed by atoms with E-state index < -0.39 is 0 Å². The van der Waals surface area contributed by atoms with Crippen LogP contribution in [0.3, 0.4) is 0 Å². The summed E-state index contributed by atoms with van der Waals surface area (Å²) >= 11 is 0. The summed E-state index contributed by atoms with van der Waals surface area (Å²) in [5.74, 6) is 1.07. The highest BCUT2D eigenvalue weighted by atomic mass is 16.2. The van der Waals surface area contributed by atoms with Gasteiger partial charge >= 0.3 is 6.03 Å². The second kappa shape index (κ2) is 10.9. The molecule has 0 bridgehead atoms. The van der Waals surface area contributed by atoms with Crippen molar-refractivity contribution in [3.8, 4) is 0 Å². The van der Waals surface area contributed by atoms with Gasteiger partial charge in [0.1, 0.15) is 5.82 Å². The van der Waals surface area contributed by atoms with Gasteiger partial charge < -0.3 is 20.9 Å². The Balaban J connectivity index is 1.29. The Morgan fingerprint density at radius 2 is 1.83 bits per heavy atom. The summed E-state index contributed by atoms with van der Waals surface area (Å²) in [4.78, 5) is 30.8. The van der Waals surface area contributed by atoms with Crippen LogP contribution in [0.15, 0.2) is 42.6 Å². The maximum atomic E-state index is 13.0. The molecule has 1 aliphatic carbocycles. The van der Waals surface area contributed by atoms with Gasteiger partial charge in [0.25, 0.3) is 0 Å². The van der Waals surface area contributed by atoms with Crippen LogP contribution in [0.25, 0.3) is 11.0 Å². The number of benzene rings is 1. The van der Waals surface area contributed by atoms with Crippen LogP contribution in [0.1, 0.15) is 39.0 Å². The lowest BCUT2D eigenvalue weighted by Crippen LogP contribution is -2.45. The van der Waals surface area contributed by atoms with Gasteiger partial charge in [-0.25, -0.2) is 14.8 Å². The van der Waals surface area contributed by atoms with Gasteiger partial charge in [0, 0.05) is 61.7 Å². The number of amides is 2. The third-order valence-electron chi connectivity index (χ3n) is 6.80. The molecule has 3 heterocycles. The molecule has 184 valence electrons. The second-order valence-electron chi connectivity index (χ2n) is 9.21. The van der Waals surface area contributed by atoms with Crippen LogP contribution in [0.5, 0.6) is 0 Å². The summed E-state index contributed by atoms with van der Waals surface area (Å²) in [5.41, 5.74) is 2.69. The Morgan fingerprint density at radius 3 is 2.57 bits per heavy atom. The van der Waals surface area contributed by atoms with Crippen LogP contribution in [0, 0.1) is 0 Å².